The van der Waals surface area contributed by atoms with Crippen LogP contribution in [0.4, 0.5) is 5.69 Å². The molecule has 5 nitrogen and oxygen atoms in total. The number of nitrogens with zero attached hydrogens (tertiary/aromatic N) is 2. The quantitative estimate of drug-likeness (QED) is 0.718. The molecule has 0 unspecified atom stereocenters. The number of nitrogen functional groups attached to an aromatic ring is 1. The van der Waals surface area contributed by atoms with E-state index in [1.54, 1.807) is 13.2 Å². The Kier molecular flexibility index (Phi) is 3.49. The predicted molar refractivity (Wildman–Crippen MR) is 59.4 cm³/mol. The summed E-state index contributed by atoms with van der Waals surface area (Å²) < 4.78 is 1.52. The van der Waals surface area contributed by atoms with Gasteiger partial charge in [0.2, 0.25) is 0 Å². The number of carbonyl (C=O) groups is 1. The molecule has 0 aliphatic rings. The largest absolute Gasteiger partial charge is 0.396 e. The van der Waals surface area contributed by atoms with Crippen molar-refractivity contribution >= 4 is 11.6 Å². The second-order valence-corrected chi connectivity index (χ2v) is 3.60. The number of hydrogen-bond donors (Lipinski definition) is 2. The van der Waals surface area contributed by atoms with E-state index in [0.717, 1.165) is 5.57 Å². The Morgan fingerprint density at radius 3 is 2.80 bits per heavy atom. The topological polar surface area (TPSA) is 72.9 Å². The molecule has 0 fully saturated rings. The van der Waals surface area contributed by atoms with Crippen LogP contribution in [-0.4, -0.2) is 22.2 Å². The monoisotopic (exact) mass is 208 g/mol. The van der Waals surface area contributed by atoms with Gasteiger partial charge in [0.15, 0.2) is 5.69 Å². The van der Waals surface area contributed by atoms with Gasteiger partial charge < -0.3 is 11.1 Å². The highest BCUT2D eigenvalue weighted by Gasteiger charge is 2.12. The van der Waals surface area contributed by atoms with Crippen LogP contribution in [0.2, 0.25) is 0 Å². The maximum absolute atomic E-state index is 11.6. The van der Waals surface area contributed by atoms with Gasteiger partial charge in [-0.1, -0.05) is 11.6 Å². The zero-order valence-electron chi connectivity index (χ0n) is 9.24. The summed E-state index contributed by atoms with van der Waals surface area (Å²) in [6, 6.07) is 0. The predicted octanol–water partition coefficient (Wildman–Crippen LogP) is 0.698. The van der Waals surface area contributed by atoms with Crippen molar-refractivity contribution in [3.63, 3.8) is 0 Å². The molecule has 1 amide bonds. The van der Waals surface area contributed by atoms with Crippen molar-refractivity contribution in [2.24, 2.45) is 7.05 Å². The first kappa shape index (κ1) is 11.3. The maximum Gasteiger partial charge on any atom is 0.274 e. The minimum Gasteiger partial charge on any atom is -0.396 e. The maximum atomic E-state index is 11.6. The van der Waals surface area contributed by atoms with E-state index in [1.807, 2.05) is 19.9 Å². The van der Waals surface area contributed by atoms with Crippen molar-refractivity contribution in [3.05, 3.63) is 23.5 Å². The smallest absolute Gasteiger partial charge is 0.274 e. The highest BCUT2D eigenvalue weighted by atomic mass is 16.1. The first-order chi connectivity index (χ1) is 7.00. The molecule has 0 radical (unpaired) electrons. The lowest BCUT2D eigenvalue weighted by molar-refractivity contribution is 0.0953. The van der Waals surface area contributed by atoms with Crippen molar-refractivity contribution in [2.75, 3.05) is 12.3 Å². The minimum absolute atomic E-state index is 0.245. The fourth-order valence-corrected chi connectivity index (χ4v) is 1.11. The molecule has 3 N–H and O–H groups in total. The summed E-state index contributed by atoms with van der Waals surface area (Å²) in [5.41, 5.74) is 7.44. The molecule has 0 spiro atoms. The second kappa shape index (κ2) is 4.63. The number of anilines is 1. The average molecular weight is 208 g/mol. The summed E-state index contributed by atoms with van der Waals surface area (Å²) in [6.45, 7) is 4.44. The van der Waals surface area contributed by atoms with Crippen LogP contribution in [0.25, 0.3) is 0 Å². The molecular formula is C10H16N4O. The molecule has 15 heavy (non-hydrogen) atoms. The molecule has 0 aliphatic carbocycles. The number of rotatable bonds is 3. The Morgan fingerprint density at radius 1 is 1.67 bits per heavy atom. The Morgan fingerprint density at radius 2 is 2.33 bits per heavy atom. The van der Waals surface area contributed by atoms with Gasteiger partial charge in [0.1, 0.15) is 0 Å². The van der Waals surface area contributed by atoms with Crippen LogP contribution >= 0.6 is 0 Å². The van der Waals surface area contributed by atoms with E-state index in [9.17, 15) is 4.79 Å². The van der Waals surface area contributed by atoms with Gasteiger partial charge in [-0.05, 0) is 13.8 Å². The standard InChI is InChI=1S/C10H16N4O/c1-7(2)4-5-12-10(15)9-8(11)6-14(3)13-9/h4,6H,5,11H2,1-3H3,(H,12,15). The van der Waals surface area contributed by atoms with E-state index in [2.05, 4.69) is 10.4 Å². The fraction of sp³-hybridized carbons (Fsp3) is 0.400. The lowest BCUT2D eigenvalue weighted by atomic mass is 10.3. The summed E-state index contributed by atoms with van der Waals surface area (Å²) in [7, 11) is 1.73. The van der Waals surface area contributed by atoms with Gasteiger partial charge in [-0.15, -0.1) is 0 Å². The number of nitrogens with two attached hydrogens (primary N) is 1. The Bertz CT molecular complexity index is 388. The van der Waals surface area contributed by atoms with E-state index in [1.165, 1.54) is 4.68 Å². The molecule has 82 valence electrons. The fourth-order valence-electron chi connectivity index (χ4n) is 1.11. The Balaban J connectivity index is 2.62. The number of hydrogen-bond acceptors (Lipinski definition) is 3. The van der Waals surface area contributed by atoms with Crippen LogP contribution in [0.15, 0.2) is 17.8 Å². The molecule has 0 aromatic carbocycles. The van der Waals surface area contributed by atoms with Gasteiger partial charge in [-0.2, -0.15) is 5.10 Å². The van der Waals surface area contributed by atoms with Gasteiger partial charge in [0, 0.05) is 19.8 Å². The van der Waals surface area contributed by atoms with Crippen LogP contribution in [-0.2, 0) is 7.05 Å². The molecule has 1 aromatic heterocycles. The van der Waals surface area contributed by atoms with E-state index >= 15 is 0 Å². The van der Waals surface area contributed by atoms with Gasteiger partial charge in [-0.25, -0.2) is 0 Å². The molecule has 0 atom stereocenters. The van der Waals surface area contributed by atoms with Gasteiger partial charge >= 0.3 is 0 Å². The Labute approximate surface area is 89.0 Å². The summed E-state index contributed by atoms with van der Waals surface area (Å²) >= 11 is 0. The third-order valence-corrected chi connectivity index (χ3v) is 1.85. The molecule has 0 saturated carbocycles. The highest BCUT2D eigenvalue weighted by molar-refractivity contribution is 5.97. The van der Waals surface area contributed by atoms with E-state index < -0.39 is 0 Å². The lowest BCUT2D eigenvalue weighted by Crippen LogP contribution is -2.24. The average Bonchev–Trinajstić information content (AvgIpc) is 2.44. The van der Waals surface area contributed by atoms with Crippen molar-refractivity contribution in [1.29, 1.82) is 0 Å². The van der Waals surface area contributed by atoms with Gasteiger partial charge in [0.25, 0.3) is 5.91 Å². The SMILES string of the molecule is CC(C)=CCNC(=O)c1nn(C)cc1N. The number of nitrogens with one attached hydrogen (secondary N) is 1. The summed E-state index contributed by atoms with van der Waals surface area (Å²) in [6.07, 6.45) is 3.53. The third kappa shape index (κ3) is 3.12. The zero-order chi connectivity index (χ0) is 11.4. The minimum atomic E-state index is -0.245. The molecule has 1 aromatic rings. The molecule has 1 rings (SSSR count). The van der Waals surface area contributed by atoms with Crippen LogP contribution < -0.4 is 11.1 Å². The van der Waals surface area contributed by atoms with Crippen LogP contribution in [0.1, 0.15) is 24.3 Å². The van der Waals surface area contributed by atoms with E-state index in [-0.39, 0.29) is 11.6 Å². The lowest BCUT2D eigenvalue weighted by Gasteiger charge is -2.00. The van der Waals surface area contributed by atoms with E-state index in [0.29, 0.717) is 12.2 Å². The first-order valence-electron chi connectivity index (χ1n) is 4.71. The highest BCUT2D eigenvalue weighted by Crippen LogP contribution is 2.07. The van der Waals surface area contributed by atoms with Crippen LogP contribution in [0, 0.1) is 0 Å². The molecule has 5 heteroatoms. The van der Waals surface area contributed by atoms with Crippen LogP contribution in [0.5, 0.6) is 0 Å². The number of allylic oxidation sites excluding steroid dienone is 1. The molecule has 0 bridgehead atoms. The molecular weight excluding hydrogens is 192 g/mol. The molecule has 0 saturated heterocycles. The second-order valence-electron chi connectivity index (χ2n) is 3.60. The van der Waals surface area contributed by atoms with Crippen molar-refractivity contribution in [3.8, 4) is 0 Å². The Hall–Kier alpha value is -1.78. The van der Waals surface area contributed by atoms with Crippen molar-refractivity contribution < 1.29 is 4.79 Å². The third-order valence-electron chi connectivity index (χ3n) is 1.85. The van der Waals surface area contributed by atoms with Crippen LogP contribution in [0.3, 0.4) is 0 Å². The zero-order valence-corrected chi connectivity index (χ0v) is 9.24. The number of aromatic nitrogens is 2. The normalized spacial score (nSPS) is 9.80. The van der Waals surface area contributed by atoms with Crippen molar-refractivity contribution in [2.45, 2.75) is 13.8 Å². The summed E-state index contributed by atoms with van der Waals surface area (Å²) in [5, 5.41) is 6.68. The van der Waals surface area contributed by atoms with Gasteiger partial charge in [-0.3, -0.25) is 9.48 Å². The number of amides is 1. The summed E-state index contributed by atoms with van der Waals surface area (Å²) in [5.74, 6) is -0.245. The van der Waals surface area contributed by atoms with E-state index in [4.69, 9.17) is 5.73 Å². The number of carbonyl (C=O) groups excluding carboxylic acids is 1. The first-order valence-corrected chi connectivity index (χ1v) is 4.71. The molecule has 0 aliphatic heterocycles. The number of aryl methyl sites for hydroxylation is 1. The molecule has 1 heterocycles. The van der Waals surface area contributed by atoms with Gasteiger partial charge in [0.05, 0.1) is 5.69 Å². The summed E-state index contributed by atoms with van der Waals surface area (Å²) in [4.78, 5) is 11.6. The van der Waals surface area contributed by atoms with Crippen molar-refractivity contribution in [1.82, 2.24) is 15.1 Å².